The third-order valence-corrected chi connectivity index (χ3v) is 5.97. The number of piperazine rings is 1. The van der Waals surface area contributed by atoms with Crippen molar-refractivity contribution in [2.24, 2.45) is 0 Å². The lowest BCUT2D eigenvalue weighted by Crippen LogP contribution is -2.50. The molecular formula is C26H24N4O2. The molecular weight excluding hydrogens is 400 g/mol. The van der Waals surface area contributed by atoms with Gasteiger partial charge >= 0.3 is 0 Å². The van der Waals surface area contributed by atoms with E-state index in [-0.39, 0.29) is 11.8 Å². The zero-order valence-electron chi connectivity index (χ0n) is 17.7. The molecule has 0 bridgehead atoms. The molecule has 0 aliphatic carbocycles. The maximum Gasteiger partial charge on any atom is 0.254 e. The summed E-state index contributed by atoms with van der Waals surface area (Å²) in [5.41, 5.74) is 2.36. The first kappa shape index (κ1) is 20.2. The topological polar surface area (TPSA) is 65.5 Å². The molecule has 1 N–H and O–H groups in total. The summed E-state index contributed by atoms with van der Waals surface area (Å²) in [6, 6.07) is 23.3. The number of anilines is 1. The summed E-state index contributed by atoms with van der Waals surface area (Å²) in [5, 5.41) is 5.98. The highest BCUT2D eigenvalue weighted by Gasteiger charge is 2.24. The van der Waals surface area contributed by atoms with Crippen molar-refractivity contribution in [2.45, 2.75) is 0 Å². The van der Waals surface area contributed by atoms with Crippen molar-refractivity contribution in [3.63, 3.8) is 0 Å². The molecule has 1 saturated heterocycles. The maximum atomic E-state index is 13.1. The van der Waals surface area contributed by atoms with E-state index in [1.165, 1.54) is 0 Å². The van der Waals surface area contributed by atoms with Crippen LogP contribution in [0.5, 0.6) is 0 Å². The van der Waals surface area contributed by atoms with Gasteiger partial charge in [-0.2, -0.15) is 0 Å². The minimum Gasteiger partial charge on any atom is -0.336 e. The average Bonchev–Trinajstić information content (AvgIpc) is 2.84. The smallest absolute Gasteiger partial charge is 0.254 e. The van der Waals surface area contributed by atoms with Crippen molar-refractivity contribution < 1.29 is 9.59 Å². The molecule has 5 rings (SSSR count). The van der Waals surface area contributed by atoms with Crippen molar-refractivity contribution in [3.05, 3.63) is 84.6 Å². The molecule has 1 aromatic heterocycles. The van der Waals surface area contributed by atoms with Gasteiger partial charge in [-0.25, -0.2) is 0 Å². The number of carbonyl (C=O) groups excluding carboxylic acids is 2. The Balaban J connectivity index is 1.20. The predicted octanol–water partition coefficient (Wildman–Crippen LogP) is 3.78. The first-order chi connectivity index (χ1) is 15.7. The van der Waals surface area contributed by atoms with Crippen LogP contribution in [-0.4, -0.2) is 59.3 Å². The molecule has 1 fully saturated rings. The molecule has 32 heavy (non-hydrogen) atoms. The normalized spacial score (nSPS) is 14.6. The van der Waals surface area contributed by atoms with E-state index in [0.717, 1.165) is 32.9 Å². The SMILES string of the molecule is O=C(CN1CCN(C(=O)c2cccc3ccccc23)CC1)Nc1cccc2ncccc12. The van der Waals surface area contributed by atoms with Crippen LogP contribution in [0.25, 0.3) is 21.7 Å². The lowest BCUT2D eigenvalue weighted by Gasteiger charge is -2.34. The Bertz CT molecular complexity index is 1280. The van der Waals surface area contributed by atoms with Gasteiger partial charge in [-0.15, -0.1) is 0 Å². The van der Waals surface area contributed by atoms with Gasteiger partial charge < -0.3 is 10.2 Å². The van der Waals surface area contributed by atoms with Crippen LogP contribution in [-0.2, 0) is 4.79 Å². The van der Waals surface area contributed by atoms with Crippen molar-refractivity contribution in [1.29, 1.82) is 0 Å². The Morgan fingerprint density at radius 1 is 0.812 bits per heavy atom. The monoisotopic (exact) mass is 424 g/mol. The lowest BCUT2D eigenvalue weighted by atomic mass is 10.0. The number of nitrogens with zero attached hydrogens (tertiary/aromatic N) is 3. The van der Waals surface area contributed by atoms with Crippen LogP contribution in [0, 0.1) is 0 Å². The second kappa shape index (κ2) is 8.77. The van der Waals surface area contributed by atoms with Gasteiger partial charge in [-0.05, 0) is 41.1 Å². The summed E-state index contributed by atoms with van der Waals surface area (Å²) in [6.45, 7) is 2.84. The molecule has 2 amide bonds. The number of hydrogen-bond acceptors (Lipinski definition) is 4. The molecule has 0 spiro atoms. The lowest BCUT2D eigenvalue weighted by molar-refractivity contribution is -0.117. The molecule has 6 nitrogen and oxygen atoms in total. The van der Waals surface area contributed by atoms with Gasteiger partial charge in [0, 0.05) is 43.3 Å². The van der Waals surface area contributed by atoms with Gasteiger partial charge in [0.2, 0.25) is 5.91 Å². The molecule has 0 atom stereocenters. The van der Waals surface area contributed by atoms with E-state index in [1.807, 2.05) is 77.7 Å². The Labute approximate surface area is 186 Å². The molecule has 0 saturated carbocycles. The van der Waals surface area contributed by atoms with Crippen LogP contribution in [0.4, 0.5) is 5.69 Å². The highest BCUT2D eigenvalue weighted by molar-refractivity contribution is 6.07. The summed E-state index contributed by atoms with van der Waals surface area (Å²) >= 11 is 0. The van der Waals surface area contributed by atoms with Crippen LogP contribution >= 0.6 is 0 Å². The van der Waals surface area contributed by atoms with Gasteiger partial charge in [0.25, 0.3) is 5.91 Å². The largest absolute Gasteiger partial charge is 0.336 e. The number of pyridine rings is 1. The Hall–Kier alpha value is -3.77. The predicted molar refractivity (Wildman–Crippen MR) is 127 cm³/mol. The average molecular weight is 425 g/mol. The molecule has 6 heteroatoms. The third kappa shape index (κ3) is 4.05. The number of hydrogen-bond donors (Lipinski definition) is 1. The number of nitrogens with one attached hydrogen (secondary N) is 1. The number of amides is 2. The van der Waals surface area contributed by atoms with E-state index in [4.69, 9.17) is 0 Å². The van der Waals surface area contributed by atoms with E-state index in [1.54, 1.807) is 6.20 Å². The number of benzene rings is 3. The van der Waals surface area contributed by atoms with Crippen LogP contribution in [0.15, 0.2) is 79.0 Å². The Morgan fingerprint density at radius 3 is 2.44 bits per heavy atom. The van der Waals surface area contributed by atoms with Crippen LogP contribution < -0.4 is 5.32 Å². The number of rotatable bonds is 4. The fourth-order valence-corrected chi connectivity index (χ4v) is 4.30. The van der Waals surface area contributed by atoms with Gasteiger partial charge in [0.05, 0.1) is 17.7 Å². The van der Waals surface area contributed by atoms with E-state index in [0.29, 0.717) is 32.7 Å². The summed E-state index contributed by atoms with van der Waals surface area (Å²) in [5.74, 6) is -0.00987. The molecule has 3 aromatic carbocycles. The zero-order valence-corrected chi connectivity index (χ0v) is 17.7. The minimum atomic E-state index is -0.0600. The molecule has 0 radical (unpaired) electrons. The highest BCUT2D eigenvalue weighted by atomic mass is 16.2. The van der Waals surface area contributed by atoms with Crippen molar-refractivity contribution in [1.82, 2.24) is 14.8 Å². The Kier molecular flexibility index (Phi) is 5.52. The summed E-state index contributed by atoms with van der Waals surface area (Å²) in [6.07, 6.45) is 1.74. The van der Waals surface area contributed by atoms with E-state index < -0.39 is 0 Å². The second-order valence-corrected chi connectivity index (χ2v) is 8.02. The van der Waals surface area contributed by atoms with Gasteiger partial charge in [-0.1, -0.05) is 42.5 Å². The van der Waals surface area contributed by atoms with Gasteiger partial charge in [0.1, 0.15) is 0 Å². The van der Waals surface area contributed by atoms with Gasteiger partial charge in [0.15, 0.2) is 0 Å². The Morgan fingerprint density at radius 2 is 1.56 bits per heavy atom. The van der Waals surface area contributed by atoms with Crippen LogP contribution in [0.2, 0.25) is 0 Å². The first-order valence-corrected chi connectivity index (χ1v) is 10.8. The number of aromatic nitrogens is 1. The molecule has 4 aromatic rings. The number of fused-ring (bicyclic) bond motifs is 2. The fraction of sp³-hybridized carbons (Fsp3) is 0.192. The van der Waals surface area contributed by atoms with E-state index >= 15 is 0 Å². The maximum absolute atomic E-state index is 13.1. The molecule has 160 valence electrons. The van der Waals surface area contributed by atoms with Crippen molar-refractivity contribution in [2.75, 3.05) is 38.0 Å². The van der Waals surface area contributed by atoms with E-state index in [2.05, 4.69) is 15.2 Å². The third-order valence-electron chi connectivity index (χ3n) is 5.97. The van der Waals surface area contributed by atoms with Crippen molar-refractivity contribution in [3.8, 4) is 0 Å². The van der Waals surface area contributed by atoms with Gasteiger partial charge in [-0.3, -0.25) is 19.5 Å². The van der Waals surface area contributed by atoms with E-state index in [9.17, 15) is 9.59 Å². The fourth-order valence-electron chi connectivity index (χ4n) is 4.30. The highest BCUT2D eigenvalue weighted by Crippen LogP contribution is 2.22. The standard InChI is InChI=1S/C26H24N4O2/c31-25(28-24-12-4-11-23-22(24)10-5-13-27-23)18-29-14-16-30(17-15-29)26(32)21-9-3-7-19-6-1-2-8-20(19)21/h1-13H,14-18H2,(H,28,31). The molecule has 2 heterocycles. The molecule has 1 aliphatic rings. The zero-order chi connectivity index (χ0) is 21.9. The van der Waals surface area contributed by atoms with Crippen molar-refractivity contribution >= 4 is 39.2 Å². The summed E-state index contributed by atoms with van der Waals surface area (Å²) in [7, 11) is 0. The minimum absolute atomic E-state index is 0.0501. The number of carbonyl (C=O) groups is 2. The van der Waals surface area contributed by atoms with Crippen LogP contribution in [0.3, 0.4) is 0 Å². The molecule has 0 unspecified atom stereocenters. The first-order valence-electron chi connectivity index (χ1n) is 10.8. The summed E-state index contributed by atoms with van der Waals surface area (Å²) < 4.78 is 0. The molecule has 1 aliphatic heterocycles. The summed E-state index contributed by atoms with van der Waals surface area (Å²) in [4.78, 5) is 34.1. The van der Waals surface area contributed by atoms with Crippen LogP contribution in [0.1, 0.15) is 10.4 Å². The quantitative estimate of drug-likeness (QED) is 0.541. The second-order valence-electron chi connectivity index (χ2n) is 8.02.